The van der Waals surface area contributed by atoms with E-state index in [2.05, 4.69) is 15.3 Å². The van der Waals surface area contributed by atoms with E-state index in [9.17, 15) is 18.0 Å². The van der Waals surface area contributed by atoms with Gasteiger partial charge in [0.05, 0.1) is 11.9 Å². The number of rotatable bonds is 3. The van der Waals surface area contributed by atoms with Crippen molar-refractivity contribution in [2.75, 3.05) is 5.32 Å². The molecule has 0 saturated carbocycles. The Morgan fingerprint density at radius 1 is 1.23 bits per heavy atom. The van der Waals surface area contributed by atoms with Crippen molar-refractivity contribution >= 4 is 38.8 Å². The van der Waals surface area contributed by atoms with Crippen molar-refractivity contribution in [3.05, 3.63) is 59.5 Å². The number of hydrogen-bond donors (Lipinski definition) is 1. The van der Waals surface area contributed by atoms with Crippen molar-refractivity contribution in [3.63, 3.8) is 0 Å². The first-order chi connectivity index (χ1) is 12.4. The second-order valence-corrected chi connectivity index (χ2v) is 6.50. The van der Waals surface area contributed by atoms with Gasteiger partial charge < -0.3 is 5.32 Å². The van der Waals surface area contributed by atoms with Gasteiger partial charge in [-0.15, -0.1) is 11.3 Å². The lowest BCUT2D eigenvalue weighted by Gasteiger charge is -2.04. The first-order valence-electron chi connectivity index (χ1n) is 7.57. The molecule has 3 aromatic heterocycles. The Morgan fingerprint density at radius 3 is 2.88 bits per heavy atom. The van der Waals surface area contributed by atoms with Gasteiger partial charge in [-0.3, -0.25) is 14.2 Å². The highest BCUT2D eigenvalue weighted by atomic mass is 32.1. The van der Waals surface area contributed by atoms with Crippen LogP contribution in [-0.4, -0.2) is 20.3 Å². The lowest BCUT2D eigenvalue weighted by atomic mass is 10.1. The van der Waals surface area contributed by atoms with Crippen LogP contribution in [0.4, 0.5) is 19.0 Å². The number of aromatic nitrogens is 3. The number of anilines is 1. The third-order valence-corrected chi connectivity index (χ3v) is 4.80. The fourth-order valence-corrected chi connectivity index (χ4v) is 3.61. The zero-order valence-electron chi connectivity index (χ0n) is 13.1. The maximum absolute atomic E-state index is 12.9. The molecule has 5 nitrogen and oxygen atoms in total. The Hall–Kier alpha value is -2.94. The number of halogens is 3. The number of nitrogens with one attached hydrogen (secondary N) is 1. The van der Waals surface area contributed by atoms with Gasteiger partial charge >= 0.3 is 6.18 Å². The Balaban J connectivity index is 1.54. The summed E-state index contributed by atoms with van der Waals surface area (Å²) in [7, 11) is 0. The Morgan fingerprint density at radius 2 is 2.08 bits per heavy atom. The predicted molar refractivity (Wildman–Crippen MR) is 92.1 cm³/mol. The van der Waals surface area contributed by atoms with Crippen molar-refractivity contribution < 1.29 is 18.0 Å². The number of carbonyl (C=O) groups is 1. The summed E-state index contributed by atoms with van der Waals surface area (Å²) in [5.74, 6) is -0.239. The molecule has 1 N–H and O–H groups in total. The number of thiazole rings is 1. The van der Waals surface area contributed by atoms with Crippen LogP contribution in [-0.2, 0) is 17.4 Å². The number of nitrogens with zero attached hydrogens (tertiary/aromatic N) is 3. The minimum absolute atomic E-state index is 0.0725. The molecule has 4 aromatic rings. The molecule has 3 heterocycles. The molecule has 0 atom stereocenters. The average Bonchev–Trinajstić information content (AvgIpc) is 3.17. The molecule has 0 aliphatic rings. The van der Waals surface area contributed by atoms with E-state index in [0.29, 0.717) is 0 Å². The van der Waals surface area contributed by atoms with E-state index in [4.69, 9.17) is 0 Å². The summed E-state index contributed by atoms with van der Waals surface area (Å²) < 4.78 is 39.6. The molecule has 4 rings (SSSR count). The van der Waals surface area contributed by atoms with Gasteiger partial charge in [-0.1, -0.05) is 18.2 Å². The largest absolute Gasteiger partial charge is 0.432 e. The van der Waals surface area contributed by atoms with Gasteiger partial charge in [0.2, 0.25) is 5.91 Å². The summed E-state index contributed by atoms with van der Waals surface area (Å²) in [6.45, 7) is 0. The molecule has 0 unspecified atom stereocenters. The maximum Gasteiger partial charge on any atom is 0.432 e. The van der Waals surface area contributed by atoms with Crippen LogP contribution in [0.5, 0.6) is 0 Å². The van der Waals surface area contributed by atoms with Gasteiger partial charge in [-0.05, 0) is 17.7 Å². The van der Waals surface area contributed by atoms with Crippen molar-refractivity contribution in [2.45, 2.75) is 12.6 Å². The van der Waals surface area contributed by atoms with Gasteiger partial charge in [-0.25, -0.2) is 4.98 Å². The average molecular weight is 376 g/mol. The van der Waals surface area contributed by atoms with Crippen LogP contribution in [0.25, 0.3) is 15.7 Å². The van der Waals surface area contributed by atoms with E-state index in [1.165, 1.54) is 0 Å². The van der Waals surface area contributed by atoms with Gasteiger partial charge in [-0.2, -0.15) is 13.2 Å². The van der Waals surface area contributed by atoms with Gasteiger partial charge in [0.15, 0.2) is 5.82 Å². The zero-order chi connectivity index (χ0) is 18.3. The van der Waals surface area contributed by atoms with Crippen LogP contribution < -0.4 is 5.32 Å². The van der Waals surface area contributed by atoms with E-state index in [1.807, 2.05) is 30.3 Å². The van der Waals surface area contributed by atoms with Gasteiger partial charge in [0.25, 0.3) is 0 Å². The minimum Gasteiger partial charge on any atom is -0.308 e. The van der Waals surface area contributed by atoms with Crippen molar-refractivity contribution in [1.82, 2.24) is 14.4 Å². The first kappa shape index (κ1) is 16.5. The fraction of sp³-hybridized carbons (Fsp3) is 0.118. The molecule has 9 heteroatoms. The Bertz CT molecular complexity index is 1120. The van der Waals surface area contributed by atoms with E-state index in [-0.39, 0.29) is 23.0 Å². The highest BCUT2D eigenvalue weighted by molar-refractivity contribution is 7.16. The molecular weight excluding hydrogens is 365 g/mol. The van der Waals surface area contributed by atoms with E-state index < -0.39 is 11.9 Å². The summed E-state index contributed by atoms with van der Waals surface area (Å²) in [5.41, 5.74) is 0.715. The van der Waals surface area contributed by atoms with E-state index >= 15 is 0 Å². The summed E-state index contributed by atoms with van der Waals surface area (Å²) in [5, 5.41) is 4.54. The molecule has 0 saturated heterocycles. The topological polar surface area (TPSA) is 59.3 Å². The molecule has 132 valence electrons. The van der Waals surface area contributed by atoms with E-state index in [0.717, 1.165) is 43.9 Å². The highest BCUT2D eigenvalue weighted by Crippen LogP contribution is 2.34. The fourth-order valence-electron chi connectivity index (χ4n) is 2.66. The Kier molecular flexibility index (Phi) is 3.87. The molecule has 0 aliphatic heterocycles. The number of alkyl halides is 3. The minimum atomic E-state index is -4.47. The lowest BCUT2D eigenvalue weighted by Crippen LogP contribution is -2.14. The zero-order valence-corrected chi connectivity index (χ0v) is 13.9. The Labute approximate surface area is 149 Å². The molecule has 0 spiro atoms. The third kappa shape index (κ3) is 3.01. The predicted octanol–water partition coefficient (Wildman–Crippen LogP) is 4.14. The molecule has 1 amide bonds. The molecule has 26 heavy (non-hydrogen) atoms. The van der Waals surface area contributed by atoms with Crippen LogP contribution in [0.2, 0.25) is 0 Å². The molecule has 1 aromatic carbocycles. The van der Waals surface area contributed by atoms with Gasteiger partial charge in [0, 0.05) is 17.0 Å². The number of pyridine rings is 1. The monoisotopic (exact) mass is 376 g/mol. The molecular formula is C17H11F3N4OS. The summed E-state index contributed by atoms with van der Waals surface area (Å²) in [4.78, 5) is 20.6. The quantitative estimate of drug-likeness (QED) is 0.585. The normalized spacial score (nSPS) is 12.0. The molecule has 0 bridgehead atoms. The maximum atomic E-state index is 12.9. The van der Waals surface area contributed by atoms with Crippen molar-refractivity contribution in [3.8, 4) is 0 Å². The summed E-state index contributed by atoms with van der Waals surface area (Å²) in [6.07, 6.45) is -1.67. The SMILES string of the molecule is O=C(Cc1ccc2cccnc2c1)Nc1ncn2c(C(F)(F)F)csc12. The van der Waals surface area contributed by atoms with E-state index in [1.54, 1.807) is 6.20 Å². The van der Waals surface area contributed by atoms with Crippen LogP contribution in [0.1, 0.15) is 11.3 Å². The van der Waals surface area contributed by atoms with Crippen molar-refractivity contribution in [1.29, 1.82) is 0 Å². The molecule has 0 aliphatic carbocycles. The molecule has 0 radical (unpaired) electrons. The number of fused-ring (bicyclic) bond motifs is 2. The van der Waals surface area contributed by atoms with Crippen molar-refractivity contribution in [2.24, 2.45) is 0 Å². The second-order valence-electron chi connectivity index (χ2n) is 5.64. The van der Waals surface area contributed by atoms with Crippen LogP contribution in [0.3, 0.4) is 0 Å². The molecule has 0 fully saturated rings. The first-order valence-corrected chi connectivity index (χ1v) is 8.45. The number of hydrogen-bond acceptors (Lipinski definition) is 4. The smallest absolute Gasteiger partial charge is 0.308 e. The lowest BCUT2D eigenvalue weighted by molar-refractivity contribution is -0.141. The van der Waals surface area contributed by atoms with Crippen LogP contribution in [0.15, 0.2) is 48.2 Å². The van der Waals surface area contributed by atoms with Crippen LogP contribution >= 0.6 is 11.3 Å². The standard InChI is InChI=1S/C17H11F3N4OS/c18-17(19,20)13-8-26-16-15(22-9-24(13)16)23-14(25)7-10-3-4-11-2-1-5-21-12(11)6-10/h1-6,8-9H,7H2,(H,23,25). The number of benzene rings is 1. The second kappa shape index (κ2) is 6.10. The number of imidazole rings is 1. The van der Waals surface area contributed by atoms with Gasteiger partial charge in [0.1, 0.15) is 16.9 Å². The van der Waals surface area contributed by atoms with Crippen LogP contribution in [0, 0.1) is 0 Å². The number of amides is 1. The third-order valence-electron chi connectivity index (χ3n) is 3.85. The number of carbonyl (C=O) groups excluding carboxylic acids is 1. The summed E-state index contributed by atoms with van der Waals surface area (Å²) in [6, 6.07) is 9.25. The highest BCUT2D eigenvalue weighted by Gasteiger charge is 2.35. The summed E-state index contributed by atoms with van der Waals surface area (Å²) >= 11 is 0.880.